The van der Waals surface area contributed by atoms with Crippen molar-refractivity contribution in [2.75, 3.05) is 16.2 Å². The maximum absolute atomic E-state index is 14.7. The second-order valence-corrected chi connectivity index (χ2v) is 6.05. The lowest BCUT2D eigenvalue weighted by Crippen LogP contribution is -2.28. The van der Waals surface area contributed by atoms with E-state index in [1.807, 2.05) is 0 Å². The molecule has 1 heterocycles. The van der Waals surface area contributed by atoms with Gasteiger partial charge in [0, 0.05) is 24.0 Å². The Balaban J connectivity index is 2.41. The predicted octanol–water partition coefficient (Wildman–Crippen LogP) is 3.14. The van der Waals surface area contributed by atoms with Gasteiger partial charge in [0.05, 0.1) is 28.2 Å². The molecule has 0 bridgehead atoms. The Bertz CT molecular complexity index is 761. The van der Waals surface area contributed by atoms with E-state index in [0.717, 1.165) is 4.31 Å². The molecule has 0 aliphatic rings. The van der Waals surface area contributed by atoms with Crippen LogP contribution < -0.4 is 9.62 Å². The number of anilines is 2. The van der Waals surface area contributed by atoms with Crippen molar-refractivity contribution in [2.45, 2.75) is 13.3 Å². The third-order valence-corrected chi connectivity index (χ3v) is 4.15. The van der Waals surface area contributed by atoms with Crippen LogP contribution in [0.3, 0.4) is 0 Å². The maximum atomic E-state index is 14.7. The maximum Gasteiger partial charge on any atom is 0.260 e. The van der Waals surface area contributed by atoms with Crippen molar-refractivity contribution >= 4 is 40.1 Å². The Morgan fingerprint density at radius 3 is 2.79 bits per heavy atom. The first-order valence-corrected chi connectivity index (χ1v) is 8.43. The molecule has 128 valence electrons. The molecule has 1 aromatic heterocycles. The van der Waals surface area contributed by atoms with Crippen molar-refractivity contribution in [2.24, 2.45) is 0 Å². The van der Waals surface area contributed by atoms with Crippen LogP contribution in [0, 0.1) is 5.82 Å². The minimum absolute atomic E-state index is 0.0817. The number of nitrogens with zero attached hydrogens (tertiary/aromatic N) is 2. The van der Waals surface area contributed by atoms with E-state index in [9.17, 15) is 17.9 Å². The topological polar surface area (TPSA) is 85.4 Å². The number of amides is 1. The van der Waals surface area contributed by atoms with Crippen molar-refractivity contribution in [1.82, 2.24) is 4.98 Å². The zero-order chi connectivity index (χ0) is 17.7. The van der Waals surface area contributed by atoms with E-state index >= 15 is 0 Å². The summed E-state index contributed by atoms with van der Waals surface area (Å²) in [7, 11) is 0. The molecular weight excluding hydrogens is 357 g/mol. The Kier molecular flexibility index (Phi) is 6.24. The van der Waals surface area contributed by atoms with E-state index in [4.69, 9.17) is 11.6 Å². The molecule has 0 spiro atoms. The van der Waals surface area contributed by atoms with Gasteiger partial charge in [-0.3, -0.25) is 18.3 Å². The molecule has 1 unspecified atom stereocenters. The summed E-state index contributed by atoms with van der Waals surface area (Å²) in [5.41, 5.74) is -0.295. The molecule has 6 nitrogen and oxygen atoms in total. The van der Waals surface area contributed by atoms with Crippen molar-refractivity contribution < 1.29 is 17.9 Å². The number of hydrogen-bond acceptors (Lipinski definition) is 4. The minimum atomic E-state index is -2.67. The van der Waals surface area contributed by atoms with Crippen LogP contribution in [0.1, 0.15) is 23.7 Å². The van der Waals surface area contributed by atoms with Crippen LogP contribution in [-0.2, 0) is 11.3 Å². The molecule has 0 radical (unpaired) electrons. The Hall–Kier alpha value is -2.03. The van der Waals surface area contributed by atoms with Gasteiger partial charge in [-0.15, -0.1) is 0 Å². The molecule has 9 heteroatoms. The van der Waals surface area contributed by atoms with Crippen molar-refractivity contribution in [3.05, 3.63) is 53.1 Å². The van der Waals surface area contributed by atoms with Gasteiger partial charge in [0.1, 0.15) is 0 Å². The van der Waals surface area contributed by atoms with E-state index in [2.05, 4.69) is 10.3 Å². The molecule has 1 amide bonds. The van der Waals surface area contributed by atoms with Crippen LogP contribution in [0.2, 0.25) is 5.02 Å². The summed E-state index contributed by atoms with van der Waals surface area (Å²) in [6.45, 7) is 1.84. The van der Waals surface area contributed by atoms with Crippen molar-refractivity contribution in [1.29, 1.82) is 0 Å². The lowest BCUT2D eigenvalue weighted by atomic mass is 10.1. The smallest absolute Gasteiger partial charge is 0.260 e. The number of pyridine rings is 1. The molecule has 1 atom stereocenters. The fourth-order valence-corrected chi connectivity index (χ4v) is 2.92. The molecule has 0 fully saturated rings. The van der Waals surface area contributed by atoms with Crippen LogP contribution in [0.25, 0.3) is 0 Å². The van der Waals surface area contributed by atoms with Gasteiger partial charge in [0.25, 0.3) is 5.91 Å². The van der Waals surface area contributed by atoms with Gasteiger partial charge in [0.15, 0.2) is 5.82 Å². The standard InChI is InChI=1S/C15H15ClFN3O3S/c1-2-8-20(24(22)23)12-6-5-11(16)13(14(12)17)15(21)19-10-4-3-7-18-9-10/h3-7,9H,2,8H2,1H3,(H,19,21)(H,22,23)/p-1. The van der Waals surface area contributed by atoms with Gasteiger partial charge in [-0.25, -0.2) is 4.39 Å². The second kappa shape index (κ2) is 8.18. The summed E-state index contributed by atoms with van der Waals surface area (Å²) in [6.07, 6.45) is 3.40. The van der Waals surface area contributed by atoms with Crippen LogP contribution in [-0.4, -0.2) is 26.2 Å². The molecule has 0 aliphatic carbocycles. The SMILES string of the molecule is CCCN(c1ccc(Cl)c(C(=O)Nc2cccnc2)c1F)S(=O)[O-]. The van der Waals surface area contributed by atoms with Crippen LogP contribution in [0.5, 0.6) is 0 Å². The zero-order valence-corrected chi connectivity index (χ0v) is 14.2. The quantitative estimate of drug-likeness (QED) is 0.791. The lowest BCUT2D eigenvalue weighted by Gasteiger charge is -2.27. The molecule has 2 aromatic rings. The summed E-state index contributed by atoms with van der Waals surface area (Å²) in [4.78, 5) is 16.2. The van der Waals surface area contributed by atoms with Crippen molar-refractivity contribution in [3.8, 4) is 0 Å². The first-order chi connectivity index (χ1) is 11.5. The summed E-state index contributed by atoms with van der Waals surface area (Å²) in [6, 6.07) is 5.70. The van der Waals surface area contributed by atoms with Gasteiger partial charge >= 0.3 is 0 Å². The van der Waals surface area contributed by atoms with E-state index in [1.165, 1.54) is 24.5 Å². The summed E-state index contributed by atoms with van der Waals surface area (Å²) in [5, 5.41) is 2.35. The fourth-order valence-electron chi connectivity index (χ4n) is 2.05. The van der Waals surface area contributed by atoms with Gasteiger partial charge in [-0.05, 0) is 30.7 Å². The van der Waals surface area contributed by atoms with E-state index in [0.29, 0.717) is 12.1 Å². The number of carbonyl (C=O) groups is 1. The zero-order valence-electron chi connectivity index (χ0n) is 12.7. The predicted molar refractivity (Wildman–Crippen MR) is 90.2 cm³/mol. The molecule has 24 heavy (non-hydrogen) atoms. The summed E-state index contributed by atoms with van der Waals surface area (Å²) >= 11 is 3.26. The lowest BCUT2D eigenvalue weighted by molar-refractivity contribution is 0.102. The van der Waals surface area contributed by atoms with Crippen molar-refractivity contribution in [3.63, 3.8) is 0 Å². The minimum Gasteiger partial charge on any atom is -0.755 e. The van der Waals surface area contributed by atoms with Gasteiger partial charge in [0.2, 0.25) is 0 Å². The number of aromatic nitrogens is 1. The van der Waals surface area contributed by atoms with Gasteiger partial charge in [-0.2, -0.15) is 0 Å². The number of rotatable bonds is 6. The highest BCUT2D eigenvalue weighted by Gasteiger charge is 2.22. The molecule has 0 aliphatic heterocycles. The molecule has 2 rings (SSSR count). The Labute approximate surface area is 146 Å². The van der Waals surface area contributed by atoms with E-state index in [-0.39, 0.29) is 17.3 Å². The summed E-state index contributed by atoms with van der Waals surface area (Å²) < 4.78 is 38.2. The molecule has 1 aromatic carbocycles. The number of carbonyl (C=O) groups excluding carboxylic acids is 1. The normalized spacial score (nSPS) is 11.8. The average molecular weight is 371 g/mol. The van der Waals surface area contributed by atoms with Crippen LogP contribution in [0.15, 0.2) is 36.7 Å². The highest BCUT2D eigenvalue weighted by Crippen LogP contribution is 2.29. The second-order valence-electron chi connectivity index (χ2n) is 4.77. The monoisotopic (exact) mass is 370 g/mol. The third kappa shape index (κ3) is 4.08. The number of halogens is 2. The summed E-state index contributed by atoms with van der Waals surface area (Å²) in [5.74, 6) is -1.79. The molecule has 1 N–H and O–H groups in total. The van der Waals surface area contributed by atoms with Crippen LogP contribution in [0.4, 0.5) is 15.8 Å². The Morgan fingerprint density at radius 1 is 1.46 bits per heavy atom. The fraction of sp³-hybridized carbons (Fsp3) is 0.200. The first kappa shape index (κ1) is 18.3. The average Bonchev–Trinajstić information content (AvgIpc) is 2.54. The Morgan fingerprint density at radius 2 is 2.21 bits per heavy atom. The van der Waals surface area contributed by atoms with E-state index in [1.54, 1.807) is 19.1 Å². The third-order valence-electron chi connectivity index (χ3n) is 3.09. The van der Waals surface area contributed by atoms with Gasteiger partial charge < -0.3 is 9.87 Å². The highest BCUT2D eigenvalue weighted by atomic mass is 35.5. The molecular formula is C15H14ClFN3O3S-. The number of benzene rings is 1. The molecule has 0 saturated heterocycles. The first-order valence-electron chi connectivity index (χ1n) is 7.02. The number of hydrogen-bond donors (Lipinski definition) is 1. The largest absolute Gasteiger partial charge is 0.755 e. The molecule has 0 saturated carbocycles. The van der Waals surface area contributed by atoms with Crippen LogP contribution >= 0.6 is 11.6 Å². The van der Waals surface area contributed by atoms with Gasteiger partial charge in [-0.1, -0.05) is 18.5 Å². The number of nitrogens with one attached hydrogen (secondary N) is 1. The highest BCUT2D eigenvalue weighted by molar-refractivity contribution is 7.80. The van der Waals surface area contributed by atoms with E-state index < -0.39 is 28.6 Å².